The van der Waals surface area contributed by atoms with Gasteiger partial charge >= 0.3 is 15.5 Å². The van der Waals surface area contributed by atoms with Crippen molar-refractivity contribution >= 4 is 58.6 Å². The van der Waals surface area contributed by atoms with Crippen LogP contribution in [0.1, 0.15) is 95.9 Å². The molecular formula is C80H65NO6P2. The van der Waals surface area contributed by atoms with Gasteiger partial charge in [-0.25, -0.2) is 9.13 Å². The smallest absolute Gasteiger partial charge is 0.403 e. The molecule has 6 aliphatic rings. The molecule has 2 aliphatic heterocycles. The third-order valence-electron chi connectivity index (χ3n) is 20.2. The zero-order valence-electron chi connectivity index (χ0n) is 49.6. The fourth-order valence-corrected chi connectivity index (χ4v) is 19.7. The van der Waals surface area contributed by atoms with Gasteiger partial charge < -0.3 is 18.1 Å². The maximum Gasteiger partial charge on any atom is 0.524 e. The summed E-state index contributed by atoms with van der Waals surface area (Å²) in [5.41, 5.74) is 20.3. The molecule has 89 heavy (non-hydrogen) atoms. The van der Waals surface area contributed by atoms with Crippen LogP contribution in [0.3, 0.4) is 0 Å². The number of hydrogen-bond donors (Lipinski definition) is 1. The van der Waals surface area contributed by atoms with Crippen LogP contribution in [-0.2, 0) is 60.5 Å². The number of nitrogens with one attached hydrogen (secondary N) is 1. The monoisotopic (exact) mass is 1200 g/mol. The van der Waals surface area contributed by atoms with Crippen LogP contribution in [0.25, 0.3) is 110 Å². The van der Waals surface area contributed by atoms with Crippen LogP contribution in [0.2, 0.25) is 0 Å². The van der Waals surface area contributed by atoms with Crippen molar-refractivity contribution in [3.8, 4) is 89.8 Å². The van der Waals surface area contributed by atoms with Crippen LogP contribution in [-0.4, -0.2) is 0 Å². The highest BCUT2D eigenvalue weighted by Gasteiger charge is 2.51. The van der Waals surface area contributed by atoms with Crippen molar-refractivity contribution in [3.63, 3.8) is 0 Å². The third-order valence-corrected chi connectivity index (χ3v) is 23.9. The van der Waals surface area contributed by atoms with Gasteiger partial charge in [0.1, 0.15) is 23.0 Å². The Balaban J connectivity index is 0.920. The van der Waals surface area contributed by atoms with Gasteiger partial charge in [0.05, 0.1) is 0 Å². The lowest BCUT2D eigenvalue weighted by Crippen LogP contribution is -2.22. The number of hydrogen-bond acceptors (Lipinski definition) is 6. The Kier molecular flexibility index (Phi) is 12.6. The van der Waals surface area contributed by atoms with Gasteiger partial charge in [0.15, 0.2) is 0 Å². The Morgan fingerprint density at radius 1 is 0.258 bits per heavy atom. The molecule has 18 rings (SSSR count). The lowest BCUT2D eigenvalue weighted by molar-refractivity contribution is 0.358. The highest BCUT2D eigenvalue weighted by Crippen LogP contribution is 2.69. The first-order valence-corrected chi connectivity index (χ1v) is 35.3. The fourth-order valence-electron chi connectivity index (χ4n) is 16.0. The Bertz CT molecular complexity index is 4490. The standard InChI is InChI=1S/C80H65NO6P2/c82-88(84-77-69(61-37-33-49-17-1-5-21-53(49)41-61)45-57-25-9-13-29-65(57)73(77)74-66-30-14-10-26-58(66)46-70(78(74)85-88)62-38-34-50-18-2-6-22-54(50)42-62)81-89(83)86-79-71(63-39-35-51-19-3-7-23-55(51)43-63)47-59-27-11-15-31-67(59)75(79)76-68-32-16-12-28-60(68)48-72(80(76)87-89)64-40-36-52-20-4-8-24-56(52)44-64/h1-8,17-24,33-48H,9-16,25-32H2,(H,81,82,83). The topological polar surface area (TPSA) is 83.1 Å². The molecule has 7 nitrogen and oxygen atoms in total. The van der Waals surface area contributed by atoms with Gasteiger partial charge in [0.25, 0.3) is 0 Å². The highest BCUT2D eigenvalue weighted by molar-refractivity contribution is 7.68. The van der Waals surface area contributed by atoms with Gasteiger partial charge in [-0.15, -0.1) is 0 Å². The number of aryl methyl sites for hydroxylation is 4. The maximum absolute atomic E-state index is 17.7. The van der Waals surface area contributed by atoms with E-state index < -0.39 is 15.5 Å². The Labute approximate surface area is 518 Å². The zero-order valence-corrected chi connectivity index (χ0v) is 51.4. The second-order valence-electron chi connectivity index (χ2n) is 25.6. The van der Waals surface area contributed by atoms with Crippen molar-refractivity contribution in [2.24, 2.45) is 0 Å². The summed E-state index contributed by atoms with van der Waals surface area (Å²) in [6.07, 6.45) is 15.0. The van der Waals surface area contributed by atoms with Crippen LogP contribution in [0, 0.1) is 0 Å². The molecule has 0 amide bonds. The first kappa shape index (κ1) is 53.3. The summed E-state index contributed by atoms with van der Waals surface area (Å²) in [5.74, 6) is 1.77. The molecule has 0 aromatic heterocycles. The molecule has 0 saturated heterocycles. The molecular weight excluding hydrogens is 1130 g/mol. The minimum Gasteiger partial charge on any atom is -0.403 e. The van der Waals surface area contributed by atoms with Crippen molar-refractivity contribution in [1.82, 2.24) is 4.86 Å². The molecule has 12 aromatic carbocycles. The predicted octanol–water partition coefficient (Wildman–Crippen LogP) is 21.9. The quantitative estimate of drug-likeness (QED) is 0.166. The second-order valence-corrected chi connectivity index (χ2v) is 29.1. The average Bonchev–Trinajstić information content (AvgIpc) is 1.69. The largest absolute Gasteiger partial charge is 0.524 e. The molecule has 9 heteroatoms. The van der Waals surface area contributed by atoms with E-state index in [0.29, 0.717) is 23.0 Å². The zero-order chi connectivity index (χ0) is 59.0. The van der Waals surface area contributed by atoms with E-state index in [0.717, 1.165) is 213 Å². The van der Waals surface area contributed by atoms with Crippen molar-refractivity contribution < 1.29 is 27.2 Å². The van der Waals surface area contributed by atoms with Crippen molar-refractivity contribution in [1.29, 1.82) is 0 Å². The number of fused-ring (bicyclic) bond motifs is 18. The van der Waals surface area contributed by atoms with Crippen molar-refractivity contribution in [3.05, 3.63) is 239 Å². The molecule has 2 heterocycles. The molecule has 0 radical (unpaired) electrons. The molecule has 0 spiro atoms. The van der Waals surface area contributed by atoms with Gasteiger partial charge in [-0.1, -0.05) is 150 Å². The van der Waals surface area contributed by atoms with E-state index in [4.69, 9.17) is 18.1 Å². The minimum absolute atomic E-state index is 0.443. The highest BCUT2D eigenvalue weighted by atomic mass is 31.3. The van der Waals surface area contributed by atoms with Crippen LogP contribution < -0.4 is 23.0 Å². The van der Waals surface area contributed by atoms with Crippen LogP contribution >= 0.6 is 15.5 Å². The molecule has 0 unspecified atom stereocenters. The lowest BCUT2D eigenvalue weighted by Gasteiger charge is -2.28. The molecule has 12 aromatic rings. The van der Waals surface area contributed by atoms with E-state index in [1.54, 1.807) is 0 Å². The van der Waals surface area contributed by atoms with E-state index in [1.807, 2.05) is 0 Å². The molecule has 1 N–H and O–H groups in total. The molecule has 0 bridgehead atoms. The van der Waals surface area contributed by atoms with Gasteiger partial charge in [-0.2, -0.15) is 0 Å². The Morgan fingerprint density at radius 2 is 0.483 bits per heavy atom. The summed E-state index contributed by atoms with van der Waals surface area (Å²) in [5, 5.41) is 8.78. The SMILES string of the molecule is O=P1(NP2(=O)Oc3c(-c4ccc5ccccc5c4)cc4c(c3-c3c5c(cc(-c6ccc7ccccc7c6)c3O2)CCCC5)CCCC4)Oc2c(-c3ccc4ccccc4c3)cc3c(c2-c2c4c(cc(-c5ccc6ccccc6c5)c2O1)CCCC4)CCCC3. The summed E-state index contributed by atoms with van der Waals surface area (Å²) in [4.78, 5) is 3.23. The number of rotatable bonds is 6. The predicted molar refractivity (Wildman–Crippen MR) is 363 cm³/mol. The van der Waals surface area contributed by atoms with Crippen molar-refractivity contribution in [2.75, 3.05) is 0 Å². The van der Waals surface area contributed by atoms with E-state index in [-0.39, 0.29) is 0 Å². The Morgan fingerprint density at radius 3 is 0.730 bits per heavy atom. The number of benzene rings is 12. The summed E-state index contributed by atoms with van der Waals surface area (Å²) in [7, 11) is -10.0. The molecule has 436 valence electrons. The second kappa shape index (κ2) is 21.0. The van der Waals surface area contributed by atoms with Gasteiger partial charge in [-0.3, -0.25) is 0 Å². The van der Waals surface area contributed by atoms with E-state index in [2.05, 4.69) is 199 Å². The first-order chi connectivity index (χ1) is 43.8. The molecule has 0 atom stereocenters. The van der Waals surface area contributed by atoms with Crippen molar-refractivity contribution in [2.45, 2.75) is 103 Å². The summed E-state index contributed by atoms with van der Waals surface area (Å²) < 4.78 is 65.5. The van der Waals surface area contributed by atoms with Gasteiger partial charge in [-0.05, 0) is 261 Å². The average molecular weight is 1200 g/mol. The van der Waals surface area contributed by atoms with Crippen LogP contribution in [0.4, 0.5) is 0 Å². The van der Waals surface area contributed by atoms with Gasteiger partial charge in [0, 0.05) is 44.5 Å². The Hall–Kier alpha value is -8.70. The molecule has 0 fully saturated rings. The van der Waals surface area contributed by atoms with Crippen LogP contribution in [0.15, 0.2) is 194 Å². The maximum atomic E-state index is 17.7. The lowest BCUT2D eigenvalue weighted by atomic mass is 9.77. The van der Waals surface area contributed by atoms with E-state index in [9.17, 15) is 0 Å². The van der Waals surface area contributed by atoms with Crippen LogP contribution in [0.5, 0.6) is 23.0 Å². The van der Waals surface area contributed by atoms with Gasteiger partial charge in [0.2, 0.25) is 0 Å². The third kappa shape index (κ3) is 9.01. The normalized spacial score (nSPS) is 16.7. The summed E-state index contributed by atoms with van der Waals surface area (Å²) in [6, 6.07) is 68.9. The molecule has 0 saturated carbocycles. The molecule has 4 aliphatic carbocycles. The summed E-state index contributed by atoms with van der Waals surface area (Å²) >= 11 is 0. The minimum atomic E-state index is -5.01. The first-order valence-electron chi connectivity index (χ1n) is 32.3. The fraction of sp³-hybridized carbons (Fsp3) is 0.200. The van der Waals surface area contributed by atoms with E-state index in [1.165, 1.54) is 44.5 Å². The van der Waals surface area contributed by atoms with E-state index >= 15 is 9.13 Å². The summed E-state index contributed by atoms with van der Waals surface area (Å²) in [6.45, 7) is 0.